The molecule has 0 aliphatic carbocycles. The molecule has 0 aromatic rings. The van der Waals surface area contributed by atoms with Crippen molar-refractivity contribution in [2.24, 2.45) is 0 Å². The third-order valence-corrected chi connectivity index (χ3v) is 0. The maximum absolute atomic E-state index is 6.25. The van der Waals surface area contributed by atoms with Crippen LogP contribution in [0.2, 0.25) is 0 Å². The van der Waals surface area contributed by atoms with Crippen molar-refractivity contribution in [1.82, 2.24) is 0 Å². The Labute approximate surface area is 56.8 Å². The Morgan fingerprint density at radius 1 is 1.00 bits per heavy atom. The van der Waals surface area contributed by atoms with Crippen LogP contribution < -0.4 is 0 Å². The molecule has 0 spiro atoms. The maximum atomic E-state index is 6.25. The van der Waals surface area contributed by atoms with Gasteiger partial charge in [0, 0.05) is 0 Å². The first kappa shape index (κ1) is 15.7. The van der Waals surface area contributed by atoms with E-state index in [1.807, 2.05) is 0 Å². The number of hydrogen-bond acceptors (Lipinski definition) is 4. The Morgan fingerprint density at radius 2 is 1.00 bits per heavy atom. The average molecular weight is 224 g/mol. The Hall–Kier alpha value is 0.968. The summed E-state index contributed by atoms with van der Waals surface area (Å²) in [5.74, 6) is 9.50. The van der Waals surface area contributed by atoms with Crippen LogP contribution in [0, 0.1) is 0 Å². The number of rotatable bonds is 0. The van der Waals surface area contributed by atoms with Crippen LogP contribution in [0.15, 0.2) is 0 Å². The van der Waals surface area contributed by atoms with E-state index >= 15 is 0 Å². The van der Waals surface area contributed by atoms with E-state index in [4.69, 9.17) is 22.2 Å². The molecule has 0 aromatic heterocycles. The van der Waals surface area contributed by atoms with Crippen LogP contribution in [0.4, 0.5) is 0 Å². The normalized spacial score (nSPS) is 2.86. The van der Waals surface area contributed by atoms with Crippen molar-refractivity contribution in [2.45, 2.75) is 0 Å². The molecule has 0 aromatic carbocycles. The van der Waals surface area contributed by atoms with Crippen LogP contribution in [-0.4, -0.2) is 10.4 Å². The molecule has 0 bridgehead atoms. The van der Waals surface area contributed by atoms with Crippen molar-refractivity contribution in [1.29, 1.82) is 0 Å². The van der Waals surface area contributed by atoms with E-state index in [0.717, 1.165) is 0 Å². The zero-order chi connectivity index (χ0) is 6.71. The van der Waals surface area contributed by atoms with Crippen LogP contribution in [0.1, 0.15) is 0 Å². The van der Waals surface area contributed by atoms with Crippen molar-refractivity contribution in [2.75, 3.05) is 0 Å². The fraction of sp³-hybridized carbons (Fsp3) is 0. The fourth-order valence-corrected chi connectivity index (χ4v) is 0. The van der Waals surface area contributed by atoms with Crippen LogP contribution >= 0.6 is 19.6 Å². The van der Waals surface area contributed by atoms with Gasteiger partial charge in [-0.3, -0.25) is 0 Å². The summed E-state index contributed by atoms with van der Waals surface area (Å²) in [6.07, 6.45) is 0. The Bertz CT molecular complexity index is 34.7. The summed E-state index contributed by atoms with van der Waals surface area (Å²) < 4.78 is 0. The van der Waals surface area contributed by atoms with Gasteiger partial charge in [0.25, 0.3) is 0 Å². The van der Waals surface area contributed by atoms with Gasteiger partial charge in [-0.15, -0.1) is 0 Å². The molecular weight excluding hydrogens is 220 g/mol. The van der Waals surface area contributed by atoms with Crippen molar-refractivity contribution >= 4 is 19.6 Å². The molecule has 0 unspecified atom stereocenters. The SMILES string of the molecule is [NH-]O.[NH-]O.[S]=[Mo+2]=[S]. The first-order valence-corrected chi connectivity index (χ1v) is 6.36. The molecule has 0 radical (unpaired) electrons. The molecule has 0 atom stereocenters. The van der Waals surface area contributed by atoms with Crippen LogP contribution in [0.25, 0.3) is 11.8 Å². The standard InChI is InChI=1S/Mo.2H2NO.2S/c;2*1-2;;/h;2*1-2H;;/q+2;2*-1;;. The van der Waals surface area contributed by atoms with Crippen LogP contribution in [0.5, 0.6) is 0 Å². The van der Waals surface area contributed by atoms with Gasteiger partial charge in [-0.05, 0) is 0 Å². The van der Waals surface area contributed by atoms with Gasteiger partial charge in [0.2, 0.25) is 0 Å². The Morgan fingerprint density at radius 3 is 1.00 bits per heavy atom. The Kier molecular flexibility index (Phi) is 143. The second-order valence-electron chi connectivity index (χ2n) is 0.0680. The van der Waals surface area contributed by atoms with Crippen molar-refractivity contribution in [3.63, 3.8) is 0 Å². The van der Waals surface area contributed by atoms with Crippen molar-refractivity contribution < 1.29 is 25.3 Å². The molecule has 0 rings (SSSR count). The molecule has 44 valence electrons. The summed E-state index contributed by atoms with van der Waals surface area (Å²) in [5.41, 5.74) is 0. The quantitative estimate of drug-likeness (QED) is 0.487. The predicted molar refractivity (Wildman–Crippen MR) is 27.4 cm³/mol. The van der Waals surface area contributed by atoms with Gasteiger partial charge >= 0.3 is 34.6 Å². The van der Waals surface area contributed by atoms with E-state index in [0.29, 0.717) is 0 Å². The van der Waals surface area contributed by atoms with E-state index < -0.39 is 0 Å². The predicted octanol–water partition coefficient (Wildman–Crippen LogP) is 2.15. The number of hydrogen-bond donors (Lipinski definition) is 2. The molecule has 7 heteroatoms. The van der Waals surface area contributed by atoms with Gasteiger partial charge in [0.15, 0.2) is 0 Å². The molecule has 0 aliphatic heterocycles. The van der Waals surface area contributed by atoms with Gasteiger partial charge < -0.3 is 22.2 Å². The molecule has 0 aliphatic rings. The third-order valence-electron chi connectivity index (χ3n) is 0. The summed E-state index contributed by atoms with van der Waals surface area (Å²) in [6, 6.07) is 0. The second kappa shape index (κ2) is 64.1. The van der Waals surface area contributed by atoms with Crippen molar-refractivity contribution in [3.05, 3.63) is 11.8 Å². The van der Waals surface area contributed by atoms with E-state index in [9.17, 15) is 0 Å². The van der Waals surface area contributed by atoms with Crippen molar-refractivity contribution in [3.8, 4) is 0 Å². The monoisotopic (exact) mass is 226 g/mol. The molecule has 0 saturated heterocycles. The van der Waals surface area contributed by atoms with Gasteiger partial charge in [0.05, 0.1) is 0 Å². The molecule has 4 nitrogen and oxygen atoms in total. The van der Waals surface area contributed by atoms with E-state index in [1.165, 1.54) is 0 Å². The third kappa shape index (κ3) is 183. The zero-order valence-electron chi connectivity index (χ0n) is 3.12. The first-order valence-electron chi connectivity index (χ1n) is 0.781. The van der Waals surface area contributed by atoms with E-state index in [-0.39, 0.29) is 14.9 Å². The zero-order valence-corrected chi connectivity index (χ0v) is 6.76. The minimum absolute atomic E-state index is 0.363. The summed E-state index contributed by atoms with van der Waals surface area (Å²) >= 11 is -0.363. The average Bonchev–Trinajstić information content (AvgIpc) is 1.78. The molecule has 4 N–H and O–H groups in total. The molecule has 0 fully saturated rings. The van der Waals surface area contributed by atoms with Gasteiger partial charge in [-0.25, -0.2) is 0 Å². The van der Waals surface area contributed by atoms with E-state index in [2.05, 4.69) is 19.6 Å². The molecule has 7 heavy (non-hydrogen) atoms. The number of nitrogens with one attached hydrogen (secondary N) is 2. The summed E-state index contributed by atoms with van der Waals surface area (Å²) in [5, 5.41) is 12.5. The van der Waals surface area contributed by atoms with Gasteiger partial charge in [-0.1, -0.05) is 0 Å². The Balaban J connectivity index is -0.0000000360. The molecular formula is H4MoN2O2S2. The minimum atomic E-state index is -0.363. The second-order valence-corrected chi connectivity index (χ2v) is 3.62. The van der Waals surface area contributed by atoms with Crippen LogP contribution in [-0.2, 0) is 14.9 Å². The summed E-state index contributed by atoms with van der Waals surface area (Å²) in [4.78, 5) is 0. The summed E-state index contributed by atoms with van der Waals surface area (Å²) in [6.45, 7) is 0. The van der Waals surface area contributed by atoms with E-state index in [1.54, 1.807) is 0 Å². The topological polar surface area (TPSA) is 88.1 Å². The molecule has 0 amide bonds. The first-order chi connectivity index (χ1) is 3.41. The molecule has 0 heterocycles. The van der Waals surface area contributed by atoms with Gasteiger partial charge in [-0.2, -0.15) is 0 Å². The van der Waals surface area contributed by atoms with Gasteiger partial charge in [0.1, 0.15) is 0 Å². The summed E-state index contributed by atoms with van der Waals surface area (Å²) in [7, 11) is 8.68. The van der Waals surface area contributed by atoms with Crippen LogP contribution in [0.3, 0.4) is 0 Å². The fourth-order valence-electron chi connectivity index (χ4n) is 0. The molecule has 0 saturated carbocycles.